The highest BCUT2D eigenvalue weighted by atomic mass is 79.9. The van der Waals surface area contributed by atoms with Crippen LogP contribution in [0.3, 0.4) is 0 Å². The predicted octanol–water partition coefficient (Wildman–Crippen LogP) is 5.18. The summed E-state index contributed by atoms with van der Waals surface area (Å²) in [5, 5.41) is 0. The molecule has 0 aliphatic heterocycles. The molecular weight excluding hydrogens is 282 g/mol. The average Bonchev–Trinajstić information content (AvgIpc) is 2.57. The number of aryl methyl sites for hydroxylation is 1. The van der Waals surface area contributed by atoms with E-state index in [1.807, 2.05) is 11.3 Å². The summed E-state index contributed by atoms with van der Waals surface area (Å²) in [5.74, 6) is 0. The van der Waals surface area contributed by atoms with Crippen molar-refractivity contribution in [2.45, 2.75) is 58.4 Å². The second-order valence-corrected chi connectivity index (χ2v) is 6.52. The number of thiophene rings is 1. The van der Waals surface area contributed by atoms with Gasteiger partial charge < -0.3 is 5.73 Å². The monoisotopic (exact) mass is 303 g/mol. The fraction of sp³-hybridized carbons (Fsp3) is 0.692. The van der Waals surface area contributed by atoms with Gasteiger partial charge in [0, 0.05) is 20.3 Å². The molecule has 0 saturated carbocycles. The second-order valence-electron chi connectivity index (χ2n) is 4.38. The van der Waals surface area contributed by atoms with Crippen molar-refractivity contribution in [3.63, 3.8) is 0 Å². The molecule has 0 aliphatic rings. The highest BCUT2D eigenvalue weighted by Gasteiger charge is 2.12. The maximum absolute atomic E-state index is 6.20. The summed E-state index contributed by atoms with van der Waals surface area (Å²) in [6.07, 6.45) is 7.71. The molecule has 1 heterocycles. The molecule has 1 unspecified atom stereocenters. The van der Waals surface area contributed by atoms with E-state index in [1.165, 1.54) is 46.3 Å². The lowest BCUT2D eigenvalue weighted by atomic mass is 10.1. The van der Waals surface area contributed by atoms with E-state index in [1.54, 1.807) is 0 Å². The van der Waals surface area contributed by atoms with Gasteiger partial charge >= 0.3 is 0 Å². The molecule has 0 aromatic carbocycles. The first-order chi connectivity index (χ1) is 7.65. The summed E-state index contributed by atoms with van der Waals surface area (Å²) in [6, 6.07) is 2.38. The first-order valence-electron chi connectivity index (χ1n) is 6.16. The van der Waals surface area contributed by atoms with Crippen molar-refractivity contribution >= 4 is 27.3 Å². The van der Waals surface area contributed by atoms with Crippen molar-refractivity contribution in [1.82, 2.24) is 0 Å². The Balaban J connectivity index is 2.29. The van der Waals surface area contributed by atoms with Crippen LogP contribution in [-0.4, -0.2) is 0 Å². The second kappa shape index (κ2) is 7.46. The van der Waals surface area contributed by atoms with Crippen molar-refractivity contribution < 1.29 is 0 Å². The molecule has 1 aromatic heterocycles. The zero-order valence-corrected chi connectivity index (χ0v) is 12.7. The Labute approximate surface area is 112 Å². The van der Waals surface area contributed by atoms with Crippen LogP contribution < -0.4 is 5.73 Å². The number of nitrogens with two attached hydrogens (primary N) is 1. The Bertz CT molecular complexity index is 309. The molecule has 1 nitrogen and oxygen atoms in total. The molecule has 0 bridgehead atoms. The lowest BCUT2D eigenvalue weighted by Crippen LogP contribution is -2.08. The van der Waals surface area contributed by atoms with E-state index >= 15 is 0 Å². The average molecular weight is 304 g/mol. The van der Waals surface area contributed by atoms with Crippen LogP contribution in [-0.2, 0) is 0 Å². The minimum Gasteiger partial charge on any atom is -0.323 e. The van der Waals surface area contributed by atoms with Gasteiger partial charge in [-0.1, -0.05) is 39.0 Å². The Morgan fingerprint density at radius 1 is 1.31 bits per heavy atom. The van der Waals surface area contributed by atoms with E-state index in [0.717, 1.165) is 6.42 Å². The first-order valence-corrected chi connectivity index (χ1v) is 7.77. The summed E-state index contributed by atoms with van der Waals surface area (Å²) in [5.41, 5.74) is 6.20. The third-order valence-corrected chi connectivity index (χ3v) is 4.89. The quantitative estimate of drug-likeness (QED) is 0.690. The zero-order chi connectivity index (χ0) is 12.0. The maximum atomic E-state index is 6.20. The van der Waals surface area contributed by atoms with Gasteiger partial charge in [0.15, 0.2) is 0 Å². The predicted molar refractivity (Wildman–Crippen MR) is 77.1 cm³/mol. The molecule has 92 valence electrons. The van der Waals surface area contributed by atoms with Gasteiger partial charge in [-0.2, -0.15) is 0 Å². The standard InChI is InChI=1S/C13H22BrNS/c1-3-4-5-6-7-8-12(15)13-11(14)9-10(2)16-13/h9,12H,3-8,15H2,1-2H3. The molecule has 2 N–H and O–H groups in total. The van der Waals surface area contributed by atoms with Gasteiger partial charge in [-0.05, 0) is 35.3 Å². The minimum atomic E-state index is 0.217. The molecule has 16 heavy (non-hydrogen) atoms. The Morgan fingerprint density at radius 3 is 2.56 bits per heavy atom. The molecule has 0 radical (unpaired) electrons. The Hall–Kier alpha value is 0.140. The molecule has 0 spiro atoms. The van der Waals surface area contributed by atoms with Crippen molar-refractivity contribution in [3.8, 4) is 0 Å². The molecule has 0 fully saturated rings. The van der Waals surface area contributed by atoms with Gasteiger partial charge in [-0.25, -0.2) is 0 Å². The van der Waals surface area contributed by atoms with E-state index in [9.17, 15) is 0 Å². The van der Waals surface area contributed by atoms with Crippen LogP contribution in [0.5, 0.6) is 0 Å². The minimum absolute atomic E-state index is 0.217. The maximum Gasteiger partial charge on any atom is 0.0401 e. The van der Waals surface area contributed by atoms with Crippen LogP contribution in [0.25, 0.3) is 0 Å². The number of hydrogen-bond acceptors (Lipinski definition) is 2. The lowest BCUT2D eigenvalue weighted by Gasteiger charge is -2.10. The Kier molecular flexibility index (Phi) is 6.62. The van der Waals surface area contributed by atoms with Gasteiger partial charge in [0.05, 0.1) is 0 Å². The number of hydrogen-bond donors (Lipinski definition) is 1. The van der Waals surface area contributed by atoms with E-state index in [4.69, 9.17) is 5.73 Å². The van der Waals surface area contributed by atoms with Crippen LogP contribution in [0, 0.1) is 6.92 Å². The SMILES string of the molecule is CCCCCCCC(N)c1sc(C)cc1Br. The molecule has 1 aromatic rings. The van der Waals surface area contributed by atoms with Crippen LogP contribution in [0.1, 0.15) is 61.2 Å². The van der Waals surface area contributed by atoms with E-state index in [2.05, 4.69) is 35.8 Å². The molecule has 0 aliphatic carbocycles. The third kappa shape index (κ3) is 4.56. The first kappa shape index (κ1) is 14.2. The van der Waals surface area contributed by atoms with Gasteiger partial charge in [0.2, 0.25) is 0 Å². The molecule has 0 amide bonds. The third-order valence-electron chi connectivity index (χ3n) is 2.79. The number of halogens is 1. The number of unbranched alkanes of at least 4 members (excludes halogenated alkanes) is 4. The highest BCUT2D eigenvalue weighted by molar-refractivity contribution is 9.10. The van der Waals surface area contributed by atoms with Crippen molar-refractivity contribution in [3.05, 3.63) is 20.3 Å². The van der Waals surface area contributed by atoms with E-state index < -0.39 is 0 Å². The fourth-order valence-electron chi connectivity index (χ4n) is 1.85. The summed E-state index contributed by atoms with van der Waals surface area (Å²) >= 11 is 5.40. The van der Waals surface area contributed by atoms with Gasteiger partial charge in [0.25, 0.3) is 0 Å². The zero-order valence-electron chi connectivity index (χ0n) is 10.3. The van der Waals surface area contributed by atoms with Gasteiger partial charge in [-0.15, -0.1) is 11.3 Å². The smallest absolute Gasteiger partial charge is 0.0401 e. The van der Waals surface area contributed by atoms with Crippen LogP contribution in [0.15, 0.2) is 10.5 Å². The van der Waals surface area contributed by atoms with E-state index in [-0.39, 0.29) is 6.04 Å². The van der Waals surface area contributed by atoms with Crippen LogP contribution in [0.2, 0.25) is 0 Å². The fourth-order valence-corrected chi connectivity index (χ4v) is 3.83. The van der Waals surface area contributed by atoms with Crippen LogP contribution in [0.4, 0.5) is 0 Å². The lowest BCUT2D eigenvalue weighted by molar-refractivity contribution is 0.559. The highest BCUT2D eigenvalue weighted by Crippen LogP contribution is 2.33. The summed E-state index contributed by atoms with van der Waals surface area (Å²) < 4.78 is 1.19. The van der Waals surface area contributed by atoms with E-state index in [0.29, 0.717) is 0 Å². The topological polar surface area (TPSA) is 26.0 Å². The molecule has 3 heteroatoms. The van der Waals surface area contributed by atoms with Crippen molar-refractivity contribution in [2.75, 3.05) is 0 Å². The molecule has 1 atom stereocenters. The molecule has 1 rings (SSSR count). The summed E-state index contributed by atoms with van der Waals surface area (Å²) in [6.45, 7) is 4.38. The largest absolute Gasteiger partial charge is 0.323 e. The molecule has 0 saturated heterocycles. The Morgan fingerprint density at radius 2 is 2.00 bits per heavy atom. The van der Waals surface area contributed by atoms with Crippen molar-refractivity contribution in [2.24, 2.45) is 5.73 Å². The summed E-state index contributed by atoms with van der Waals surface area (Å²) in [7, 11) is 0. The molecular formula is C13H22BrNS. The normalized spacial score (nSPS) is 13.0. The van der Waals surface area contributed by atoms with Gasteiger partial charge in [-0.3, -0.25) is 0 Å². The van der Waals surface area contributed by atoms with Crippen molar-refractivity contribution in [1.29, 1.82) is 0 Å². The van der Waals surface area contributed by atoms with Crippen LogP contribution >= 0.6 is 27.3 Å². The van der Waals surface area contributed by atoms with Gasteiger partial charge in [0.1, 0.15) is 0 Å². The number of rotatable bonds is 7. The summed E-state index contributed by atoms with van der Waals surface area (Å²) in [4.78, 5) is 2.65.